The van der Waals surface area contributed by atoms with Gasteiger partial charge in [-0.05, 0) is 141 Å². The van der Waals surface area contributed by atoms with Gasteiger partial charge in [0.1, 0.15) is 0 Å². The summed E-state index contributed by atoms with van der Waals surface area (Å²) in [5.41, 5.74) is 27.8. The van der Waals surface area contributed by atoms with E-state index in [9.17, 15) is 0 Å². The summed E-state index contributed by atoms with van der Waals surface area (Å²) in [6.45, 7) is 4.71. The summed E-state index contributed by atoms with van der Waals surface area (Å²) in [5, 5.41) is 2.33. The third-order valence-electron chi connectivity index (χ3n) is 20.0. The van der Waals surface area contributed by atoms with Crippen molar-refractivity contribution in [3.63, 3.8) is 0 Å². The Balaban J connectivity index is 0.820. The lowest BCUT2D eigenvalue weighted by Crippen LogP contribution is -2.61. The molecule has 0 radical (unpaired) electrons. The Morgan fingerprint density at radius 2 is 0.753 bits per heavy atom. The van der Waals surface area contributed by atoms with Crippen LogP contribution in [-0.2, 0) is 5.41 Å². The number of hydrogen-bond acceptors (Lipinski definition) is 7. The monoisotopic (exact) mass is 1240 g/mol. The average molecular weight is 1240 g/mol. The molecule has 9 heteroatoms. The first-order valence-corrected chi connectivity index (χ1v) is 33.2. The van der Waals surface area contributed by atoms with Crippen LogP contribution in [0.5, 0.6) is 0 Å². The van der Waals surface area contributed by atoms with E-state index < -0.39 is 0 Å². The standard InChI is InChI=1S/C88H59BN8/c1-88(2)70-38-20-18-36-65(70)67-53-68-66-37-19-23-41-76(66)97(80(68)54-71(67)88)77-49-48-61(86-90-74(57-26-8-3-9-27-57)55-75(91-86)58-28-10-4-11-29-58)50-69(77)87-93-84(59-30-12-5-13-31-59)92-85(94-87)60-46-44-56(45-47-60)62-51-81-83-82(52-62)96(64-34-16-7-17-35-64)79-43-25-22-40-73(79)89(83)72-39-21-24-42-78(72)95(81)63-32-14-6-15-33-63/h3-55H,1-2H3. The van der Waals surface area contributed by atoms with Gasteiger partial charge in [-0.1, -0.05) is 244 Å². The lowest BCUT2D eigenvalue weighted by Gasteiger charge is -2.44. The van der Waals surface area contributed by atoms with Gasteiger partial charge in [0.15, 0.2) is 23.3 Å². The van der Waals surface area contributed by atoms with Crippen LogP contribution in [0.2, 0.25) is 0 Å². The molecule has 1 aliphatic carbocycles. The van der Waals surface area contributed by atoms with E-state index in [1.54, 1.807) is 0 Å². The molecule has 0 N–H and O–H groups in total. The molecule has 0 unspecified atom stereocenters. The first-order chi connectivity index (χ1) is 47.9. The van der Waals surface area contributed by atoms with E-state index in [4.69, 9.17) is 24.9 Å². The van der Waals surface area contributed by atoms with Crippen LogP contribution in [0, 0.1) is 0 Å². The number of rotatable bonds is 10. The number of anilines is 6. The SMILES string of the molecule is CC1(C)c2ccccc2-c2cc3c4ccccc4n(-c4ccc(-c5nc(-c6ccccc6)cc(-c6ccccc6)n5)cc4-c4nc(-c5ccccc5)nc(-c5ccc(-c6cc7c8c(c6)N(c6ccccc6)c6ccccc6B8c6ccccc6N7c6ccccc6)cc5)n4)c3cc21. The minimum absolute atomic E-state index is 0.00576. The lowest BCUT2D eigenvalue weighted by molar-refractivity contribution is 0.661. The van der Waals surface area contributed by atoms with E-state index in [1.807, 2.05) is 30.3 Å². The van der Waals surface area contributed by atoms with Gasteiger partial charge in [0.05, 0.1) is 28.1 Å². The van der Waals surface area contributed by atoms with Crippen LogP contribution >= 0.6 is 0 Å². The Labute approximate surface area is 562 Å². The normalized spacial score (nSPS) is 13.1. The van der Waals surface area contributed by atoms with Gasteiger partial charge < -0.3 is 14.4 Å². The fourth-order valence-corrected chi connectivity index (χ4v) is 15.5. The van der Waals surface area contributed by atoms with Crippen LogP contribution in [0.25, 0.3) is 118 Å². The van der Waals surface area contributed by atoms with Crippen molar-refractivity contribution in [3.05, 3.63) is 333 Å². The minimum Gasteiger partial charge on any atom is -0.311 e. The number of nitrogens with zero attached hydrogens (tertiary/aromatic N) is 8. The number of aromatic nitrogens is 6. The molecule has 8 nitrogen and oxygen atoms in total. The summed E-state index contributed by atoms with van der Waals surface area (Å²) in [4.78, 5) is 32.3. The molecule has 454 valence electrons. The summed E-state index contributed by atoms with van der Waals surface area (Å²) in [6.07, 6.45) is 0. The van der Waals surface area contributed by atoms with Crippen molar-refractivity contribution in [2.75, 3.05) is 9.80 Å². The molecule has 3 aromatic heterocycles. The van der Waals surface area contributed by atoms with Crippen LogP contribution in [0.1, 0.15) is 25.0 Å². The zero-order valence-electron chi connectivity index (χ0n) is 53.3. The first kappa shape index (κ1) is 56.0. The second kappa shape index (κ2) is 22.3. The quantitative estimate of drug-likeness (QED) is 0.126. The average Bonchev–Trinajstić information content (AvgIpc) is 1.59. The second-order valence-corrected chi connectivity index (χ2v) is 25.9. The molecule has 97 heavy (non-hydrogen) atoms. The van der Waals surface area contributed by atoms with E-state index in [1.165, 1.54) is 55.4 Å². The molecule has 13 aromatic carbocycles. The van der Waals surface area contributed by atoms with E-state index in [0.717, 1.165) is 101 Å². The molecule has 0 saturated heterocycles. The maximum atomic E-state index is 5.65. The van der Waals surface area contributed by atoms with Crippen molar-refractivity contribution in [2.24, 2.45) is 0 Å². The summed E-state index contributed by atoms with van der Waals surface area (Å²) < 4.78 is 2.42. The molecule has 0 saturated carbocycles. The van der Waals surface area contributed by atoms with Crippen molar-refractivity contribution in [1.29, 1.82) is 0 Å². The van der Waals surface area contributed by atoms with Crippen LogP contribution in [0.3, 0.4) is 0 Å². The van der Waals surface area contributed by atoms with Gasteiger partial charge in [-0.25, -0.2) is 24.9 Å². The molecule has 19 rings (SSSR count). The maximum absolute atomic E-state index is 5.65. The van der Waals surface area contributed by atoms with E-state index in [-0.39, 0.29) is 12.1 Å². The highest BCUT2D eigenvalue weighted by Crippen LogP contribution is 2.52. The topological polar surface area (TPSA) is 75.9 Å². The summed E-state index contributed by atoms with van der Waals surface area (Å²) in [6, 6.07) is 115. The Kier molecular flexibility index (Phi) is 12.9. The minimum atomic E-state index is -0.238. The predicted octanol–water partition coefficient (Wildman–Crippen LogP) is 19.8. The fraction of sp³-hybridized carbons (Fsp3) is 0.0341. The molecule has 0 atom stereocenters. The summed E-state index contributed by atoms with van der Waals surface area (Å²) >= 11 is 0. The molecule has 0 bridgehead atoms. The van der Waals surface area contributed by atoms with Crippen molar-refractivity contribution in [3.8, 4) is 96.0 Å². The van der Waals surface area contributed by atoms with Crippen LogP contribution in [0.15, 0.2) is 322 Å². The van der Waals surface area contributed by atoms with Crippen LogP contribution in [-0.4, -0.2) is 36.2 Å². The molecule has 0 amide bonds. The number of benzene rings is 13. The fourth-order valence-electron chi connectivity index (χ4n) is 15.5. The number of hydrogen-bond donors (Lipinski definition) is 0. The Bertz CT molecular complexity index is 5630. The number of fused-ring (bicyclic) bond motifs is 10. The third kappa shape index (κ3) is 9.11. The summed E-state index contributed by atoms with van der Waals surface area (Å²) in [7, 11) is 0. The van der Waals surface area contributed by atoms with Gasteiger partial charge in [-0.15, -0.1) is 0 Å². The molecule has 0 fully saturated rings. The highest BCUT2D eigenvalue weighted by atomic mass is 15.2. The molecule has 3 aliphatic rings. The van der Waals surface area contributed by atoms with Crippen molar-refractivity contribution in [1.82, 2.24) is 29.5 Å². The first-order valence-electron chi connectivity index (χ1n) is 33.2. The number of para-hydroxylation sites is 5. The van der Waals surface area contributed by atoms with Crippen LogP contribution < -0.4 is 26.2 Å². The zero-order chi connectivity index (χ0) is 64.3. The van der Waals surface area contributed by atoms with Gasteiger partial charge in [-0.2, -0.15) is 0 Å². The van der Waals surface area contributed by atoms with Gasteiger partial charge in [0.2, 0.25) is 0 Å². The molecular weight excluding hydrogens is 1180 g/mol. The van der Waals surface area contributed by atoms with Gasteiger partial charge in [0, 0.05) is 83.7 Å². The second-order valence-electron chi connectivity index (χ2n) is 25.9. The van der Waals surface area contributed by atoms with Gasteiger partial charge in [-0.3, -0.25) is 0 Å². The van der Waals surface area contributed by atoms with E-state index in [2.05, 4.69) is 319 Å². The van der Waals surface area contributed by atoms with E-state index >= 15 is 0 Å². The Hall–Kier alpha value is -12.6. The van der Waals surface area contributed by atoms with E-state index in [0.29, 0.717) is 23.3 Å². The molecule has 5 heterocycles. The lowest BCUT2D eigenvalue weighted by atomic mass is 9.33. The highest BCUT2D eigenvalue weighted by Gasteiger charge is 2.44. The smallest absolute Gasteiger partial charge is 0.252 e. The Morgan fingerprint density at radius 3 is 1.36 bits per heavy atom. The highest BCUT2D eigenvalue weighted by molar-refractivity contribution is 7.00. The molecule has 2 aliphatic heterocycles. The van der Waals surface area contributed by atoms with Crippen molar-refractivity contribution >= 4 is 79.0 Å². The summed E-state index contributed by atoms with van der Waals surface area (Å²) in [5.74, 6) is 2.19. The third-order valence-corrected chi connectivity index (χ3v) is 20.0. The maximum Gasteiger partial charge on any atom is 0.252 e. The van der Waals surface area contributed by atoms with Crippen LogP contribution in [0.4, 0.5) is 34.1 Å². The van der Waals surface area contributed by atoms with Crippen molar-refractivity contribution in [2.45, 2.75) is 19.3 Å². The molecule has 16 aromatic rings. The van der Waals surface area contributed by atoms with Gasteiger partial charge >= 0.3 is 0 Å². The van der Waals surface area contributed by atoms with Gasteiger partial charge in [0.25, 0.3) is 6.71 Å². The molecule has 0 spiro atoms. The predicted molar refractivity (Wildman–Crippen MR) is 399 cm³/mol. The largest absolute Gasteiger partial charge is 0.311 e. The molecular formula is C88H59BN8. The Morgan fingerprint density at radius 1 is 0.278 bits per heavy atom. The zero-order valence-corrected chi connectivity index (χ0v) is 53.3. The van der Waals surface area contributed by atoms with Crippen molar-refractivity contribution < 1.29 is 0 Å².